The quantitative estimate of drug-likeness (QED) is 0.172. The van der Waals surface area contributed by atoms with Gasteiger partial charge in [0.2, 0.25) is 5.69 Å². The Bertz CT molecular complexity index is 1920. The molecule has 0 saturated heterocycles. The predicted octanol–water partition coefficient (Wildman–Crippen LogP) is 9.80. The minimum Gasteiger partial charge on any atom is -0.456 e. The molecule has 39 heavy (non-hydrogen) atoms. The molecule has 2 heterocycles. The fourth-order valence-electron chi connectivity index (χ4n) is 6.66. The van der Waals surface area contributed by atoms with Crippen LogP contribution in [-0.2, 0) is 7.05 Å². The molecule has 0 bridgehead atoms. The number of hydrogen-bond acceptors (Lipinski definition) is 1. The second-order valence-corrected chi connectivity index (χ2v) is 11.0. The Morgan fingerprint density at radius 3 is 2.28 bits per heavy atom. The van der Waals surface area contributed by atoms with Crippen molar-refractivity contribution in [1.82, 2.24) is 0 Å². The highest BCUT2D eigenvalue weighted by molar-refractivity contribution is 6.16. The number of pyridine rings is 1. The first-order chi connectivity index (χ1) is 19.1. The zero-order chi connectivity index (χ0) is 26.5. The molecule has 1 fully saturated rings. The van der Waals surface area contributed by atoms with E-state index in [1.165, 1.54) is 54.0 Å². The zero-order valence-corrected chi connectivity index (χ0v) is 22.5. The van der Waals surface area contributed by atoms with E-state index in [1.54, 1.807) is 0 Å². The Balaban J connectivity index is 1.50. The Kier molecular flexibility index (Phi) is 5.71. The van der Waals surface area contributed by atoms with Crippen LogP contribution in [0.2, 0.25) is 0 Å². The summed E-state index contributed by atoms with van der Waals surface area (Å²) in [5.74, 6) is 0.675. The summed E-state index contributed by atoms with van der Waals surface area (Å²) in [5, 5.41) is 4.63. The molecule has 1 saturated carbocycles. The molecule has 1 aliphatic carbocycles. The number of aromatic nitrogens is 1. The lowest BCUT2D eigenvalue weighted by Crippen LogP contribution is -2.30. The van der Waals surface area contributed by atoms with Crippen LogP contribution in [0.4, 0.5) is 5.69 Å². The van der Waals surface area contributed by atoms with E-state index in [2.05, 4.69) is 78.1 Å². The number of aryl methyl sites for hydroxylation is 2. The van der Waals surface area contributed by atoms with Crippen LogP contribution < -0.4 is 4.57 Å². The van der Waals surface area contributed by atoms with E-state index in [0.29, 0.717) is 11.6 Å². The predicted molar refractivity (Wildman–Crippen MR) is 160 cm³/mol. The molecule has 0 radical (unpaired) electrons. The maximum atomic E-state index is 7.84. The molecule has 0 N–H and O–H groups in total. The third kappa shape index (κ3) is 3.82. The van der Waals surface area contributed by atoms with Gasteiger partial charge in [0.25, 0.3) is 0 Å². The molecule has 2 aromatic heterocycles. The number of furan rings is 1. The molecular formula is C36H31N2O+. The first-order valence-electron chi connectivity index (χ1n) is 14.0. The molecule has 0 spiro atoms. The normalized spacial score (nSPS) is 14.3. The Labute approximate surface area is 229 Å². The van der Waals surface area contributed by atoms with Crippen LogP contribution in [0.5, 0.6) is 0 Å². The molecule has 0 unspecified atom stereocenters. The largest absolute Gasteiger partial charge is 0.456 e. The highest BCUT2D eigenvalue weighted by atomic mass is 16.3. The SMILES string of the molecule is [C-]#[N+]c1ccc2c(oc3c(-c4c5ccc(C6CCCCC6)cc5cc[n+]4C)c(C)ccc32)c1-c1ccccc1. The molecule has 0 atom stereocenters. The summed E-state index contributed by atoms with van der Waals surface area (Å²) < 4.78 is 9.04. The first kappa shape index (κ1) is 23.7. The van der Waals surface area contributed by atoms with Crippen LogP contribution in [0.15, 0.2) is 89.5 Å². The highest BCUT2D eigenvalue weighted by Gasteiger charge is 2.25. The molecule has 4 aromatic carbocycles. The van der Waals surface area contributed by atoms with Crippen LogP contribution in [-0.4, -0.2) is 0 Å². The van der Waals surface area contributed by atoms with Gasteiger partial charge in [-0.05, 0) is 53.8 Å². The summed E-state index contributed by atoms with van der Waals surface area (Å²) in [6.45, 7) is 10.0. The maximum absolute atomic E-state index is 7.84. The summed E-state index contributed by atoms with van der Waals surface area (Å²) >= 11 is 0. The molecule has 0 aliphatic heterocycles. The van der Waals surface area contributed by atoms with Gasteiger partial charge >= 0.3 is 0 Å². The lowest BCUT2D eigenvalue weighted by molar-refractivity contribution is -0.659. The van der Waals surface area contributed by atoms with Crippen molar-refractivity contribution >= 4 is 38.4 Å². The van der Waals surface area contributed by atoms with Gasteiger partial charge in [0.05, 0.1) is 17.5 Å². The zero-order valence-electron chi connectivity index (χ0n) is 22.5. The summed E-state index contributed by atoms with van der Waals surface area (Å²) in [7, 11) is 2.12. The van der Waals surface area contributed by atoms with Crippen molar-refractivity contribution in [3.05, 3.63) is 108 Å². The van der Waals surface area contributed by atoms with Gasteiger partial charge < -0.3 is 4.42 Å². The average Bonchev–Trinajstić information content (AvgIpc) is 3.36. The molecule has 3 heteroatoms. The minimum absolute atomic E-state index is 0.608. The Hall–Kier alpha value is -4.42. The number of benzene rings is 4. The number of nitrogens with zero attached hydrogens (tertiary/aromatic N) is 2. The van der Waals surface area contributed by atoms with E-state index in [-0.39, 0.29) is 0 Å². The molecule has 7 rings (SSSR count). The van der Waals surface area contributed by atoms with Gasteiger partial charge in [0, 0.05) is 22.4 Å². The summed E-state index contributed by atoms with van der Waals surface area (Å²) in [5.41, 5.74) is 9.05. The standard InChI is InChI=1S/C36H31N2O/c1-23-14-16-29-30-18-19-31(37-2)33(25-12-8-5-9-13-25)36(30)39-35(29)32(23)34-28-17-15-26(24-10-6-4-7-11-24)22-27(28)20-21-38(34)3/h5,8-9,12-22,24H,4,6-7,10-11H2,1,3H3/q+1. The second kappa shape index (κ2) is 9.40. The number of rotatable bonds is 3. The van der Waals surface area contributed by atoms with Crippen molar-refractivity contribution in [3.63, 3.8) is 0 Å². The van der Waals surface area contributed by atoms with Crippen LogP contribution in [0.3, 0.4) is 0 Å². The molecule has 190 valence electrons. The second-order valence-electron chi connectivity index (χ2n) is 11.0. The van der Waals surface area contributed by atoms with E-state index >= 15 is 0 Å². The van der Waals surface area contributed by atoms with Crippen molar-refractivity contribution in [3.8, 4) is 22.4 Å². The van der Waals surface area contributed by atoms with Gasteiger partial charge in [-0.15, -0.1) is 0 Å². The minimum atomic E-state index is 0.608. The molecule has 1 aliphatic rings. The van der Waals surface area contributed by atoms with Crippen LogP contribution in [0.1, 0.15) is 49.1 Å². The van der Waals surface area contributed by atoms with Gasteiger partial charge in [-0.2, -0.15) is 0 Å². The Morgan fingerprint density at radius 1 is 0.795 bits per heavy atom. The monoisotopic (exact) mass is 507 g/mol. The van der Waals surface area contributed by atoms with E-state index in [0.717, 1.165) is 44.3 Å². The van der Waals surface area contributed by atoms with Crippen molar-refractivity contribution in [2.24, 2.45) is 7.05 Å². The molecule has 0 amide bonds. The van der Waals surface area contributed by atoms with Crippen LogP contribution in [0, 0.1) is 13.5 Å². The van der Waals surface area contributed by atoms with E-state index in [4.69, 9.17) is 11.0 Å². The summed E-state index contributed by atoms with van der Waals surface area (Å²) in [4.78, 5) is 3.85. The summed E-state index contributed by atoms with van der Waals surface area (Å²) in [6, 6.07) is 27.8. The third-order valence-electron chi connectivity index (χ3n) is 8.65. The van der Waals surface area contributed by atoms with Gasteiger partial charge in [0.1, 0.15) is 18.2 Å². The fraction of sp³-hybridized carbons (Fsp3) is 0.222. The summed E-state index contributed by atoms with van der Waals surface area (Å²) in [6.07, 6.45) is 8.82. The molecule has 6 aromatic rings. The molecular weight excluding hydrogens is 476 g/mol. The van der Waals surface area contributed by atoms with Gasteiger partial charge in [0.15, 0.2) is 11.9 Å². The van der Waals surface area contributed by atoms with Crippen LogP contribution >= 0.6 is 0 Å². The van der Waals surface area contributed by atoms with Crippen molar-refractivity contribution in [2.45, 2.75) is 44.9 Å². The average molecular weight is 508 g/mol. The van der Waals surface area contributed by atoms with E-state index in [1.807, 2.05) is 30.3 Å². The third-order valence-corrected chi connectivity index (χ3v) is 8.65. The van der Waals surface area contributed by atoms with Crippen molar-refractivity contribution in [2.75, 3.05) is 0 Å². The maximum Gasteiger partial charge on any atom is 0.224 e. The lowest BCUT2D eigenvalue weighted by atomic mass is 9.83. The first-order valence-corrected chi connectivity index (χ1v) is 14.0. The van der Waals surface area contributed by atoms with Gasteiger partial charge in [-0.3, -0.25) is 0 Å². The lowest BCUT2D eigenvalue weighted by Gasteiger charge is -2.22. The smallest absolute Gasteiger partial charge is 0.224 e. The topological polar surface area (TPSA) is 21.4 Å². The van der Waals surface area contributed by atoms with E-state index < -0.39 is 0 Å². The number of fused-ring (bicyclic) bond motifs is 4. The Morgan fingerprint density at radius 2 is 1.51 bits per heavy atom. The van der Waals surface area contributed by atoms with Crippen molar-refractivity contribution < 1.29 is 8.98 Å². The van der Waals surface area contributed by atoms with Crippen molar-refractivity contribution in [1.29, 1.82) is 0 Å². The van der Waals surface area contributed by atoms with Gasteiger partial charge in [-0.1, -0.05) is 86.0 Å². The highest BCUT2D eigenvalue weighted by Crippen LogP contribution is 2.45. The molecule has 3 nitrogen and oxygen atoms in total. The van der Waals surface area contributed by atoms with E-state index in [9.17, 15) is 0 Å². The van der Waals surface area contributed by atoms with Crippen LogP contribution in [0.25, 0.3) is 59.9 Å². The van der Waals surface area contributed by atoms with Gasteiger partial charge in [-0.25, -0.2) is 9.41 Å². The number of hydrogen-bond donors (Lipinski definition) is 0. The fourth-order valence-corrected chi connectivity index (χ4v) is 6.66.